The largest absolute Gasteiger partial charge is 0.462 e. The topological polar surface area (TPSA) is 38.8 Å². The zero-order chi connectivity index (χ0) is 14.8. The molecule has 1 unspecified atom stereocenters. The van der Waals surface area contributed by atoms with Crippen molar-refractivity contribution >= 4 is 5.97 Å². The molecule has 21 heavy (non-hydrogen) atoms. The van der Waals surface area contributed by atoms with Gasteiger partial charge in [0.15, 0.2) is 0 Å². The van der Waals surface area contributed by atoms with Gasteiger partial charge in [0.1, 0.15) is 0 Å². The van der Waals surface area contributed by atoms with Gasteiger partial charge < -0.3 is 9.47 Å². The Hall–Kier alpha value is -0.830. The number of unbranched alkanes of at least 4 members (excludes halogenated alkanes) is 6. The zero-order valence-corrected chi connectivity index (χ0v) is 13.3. The second-order valence-electron chi connectivity index (χ2n) is 6.33. The van der Waals surface area contributed by atoms with Crippen LogP contribution in [-0.4, -0.2) is 25.3 Å². The summed E-state index contributed by atoms with van der Waals surface area (Å²) < 4.78 is 10.5. The fourth-order valence-electron chi connectivity index (χ4n) is 2.87. The fraction of sp³-hybridized carbons (Fsp3) is 0.833. The first-order valence-corrected chi connectivity index (χ1v) is 8.84. The molecule has 0 spiro atoms. The third kappa shape index (κ3) is 7.66. The van der Waals surface area contributed by atoms with Gasteiger partial charge in [-0.25, -0.2) is 4.79 Å². The maximum Gasteiger partial charge on any atom is 0.333 e. The van der Waals surface area contributed by atoms with Crippen molar-refractivity contribution < 1.29 is 14.3 Å². The summed E-state index contributed by atoms with van der Waals surface area (Å²) in [5, 5.41) is 0. The average Bonchev–Trinajstić information content (AvgIpc) is 3.34. The van der Waals surface area contributed by atoms with E-state index in [9.17, 15) is 4.79 Å². The van der Waals surface area contributed by atoms with Crippen LogP contribution >= 0.6 is 0 Å². The molecule has 1 heterocycles. The van der Waals surface area contributed by atoms with E-state index in [1.54, 1.807) is 0 Å². The summed E-state index contributed by atoms with van der Waals surface area (Å²) in [5.74, 6) is -0.0722. The smallest absolute Gasteiger partial charge is 0.333 e. The van der Waals surface area contributed by atoms with Gasteiger partial charge in [0.2, 0.25) is 0 Å². The zero-order valence-electron chi connectivity index (χ0n) is 13.3. The molecule has 1 saturated heterocycles. The van der Waals surface area contributed by atoms with E-state index in [1.807, 2.05) is 0 Å². The normalized spacial score (nSPS) is 21.0. The van der Waals surface area contributed by atoms with E-state index in [2.05, 4.69) is 6.08 Å². The van der Waals surface area contributed by atoms with Gasteiger partial charge in [-0.3, -0.25) is 0 Å². The molecule has 1 aliphatic carbocycles. The Morgan fingerprint density at radius 3 is 2.48 bits per heavy atom. The lowest BCUT2D eigenvalue weighted by Crippen LogP contribution is -2.11. The molecule has 3 nitrogen and oxygen atoms in total. The highest BCUT2D eigenvalue weighted by atomic mass is 16.6. The summed E-state index contributed by atoms with van der Waals surface area (Å²) in [7, 11) is 0. The third-order valence-corrected chi connectivity index (χ3v) is 4.36. The van der Waals surface area contributed by atoms with Crippen LogP contribution in [0.5, 0.6) is 0 Å². The number of hydrogen-bond acceptors (Lipinski definition) is 3. The van der Waals surface area contributed by atoms with Gasteiger partial charge >= 0.3 is 5.97 Å². The van der Waals surface area contributed by atoms with Crippen molar-refractivity contribution in [1.29, 1.82) is 0 Å². The van der Waals surface area contributed by atoms with E-state index in [0.29, 0.717) is 12.7 Å². The summed E-state index contributed by atoms with van der Waals surface area (Å²) >= 11 is 0. The minimum atomic E-state index is -0.0722. The monoisotopic (exact) mass is 294 g/mol. The van der Waals surface area contributed by atoms with Crippen LogP contribution < -0.4 is 0 Å². The van der Waals surface area contributed by atoms with Gasteiger partial charge in [0.25, 0.3) is 0 Å². The number of epoxide rings is 1. The highest BCUT2D eigenvalue weighted by Gasteiger charge is 2.20. The van der Waals surface area contributed by atoms with Gasteiger partial charge in [0.05, 0.1) is 19.3 Å². The number of allylic oxidation sites excluding steroid dienone is 1. The molecule has 120 valence electrons. The molecule has 0 aromatic carbocycles. The summed E-state index contributed by atoms with van der Waals surface area (Å²) in [4.78, 5) is 11.8. The quantitative estimate of drug-likeness (QED) is 0.319. The molecule has 3 heteroatoms. The summed E-state index contributed by atoms with van der Waals surface area (Å²) in [6.07, 6.45) is 16.9. The third-order valence-electron chi connectivity index (χ3n) is 4.36. The Morgan fingerprint density at radius 2 is 1.81 bits per heavy atom. The van der Waals surface area contributed by atoms with Crippen molar-refractivity contribution in [3.63, 3.8) is 0 Å². The first-order valence-electron chi connectivity index (χ1n) is 8.84. The lowest BCUT2D eigenvalue weighted by molar-refractivity contribution is -0.139. The van der Waals surface area contributed by atoms with E-state index in [4.69, 9.17) is 9.47 Å². The maximum atomic E-state index is 11.8. The molecule has 1 aliphatic heterocycles. The fourth-order valence-corrected chi connectivity index (χ4v) is 2.87. The number of carbonyl (C=O) groups is 1. The van der Waals surface area contributed by atoms with Gasteiger partial charge in [-0.1, -0.05) is 44.6 Å². The van der Waals surface area contributed by atoms with E-state index in [0.717, 1.165) is 37.9 Å². The number of carbonyl (C=O) groups excluding carboxylic acids is 1. The van der Waals surface area contributed by atoms with Gasteiger partial charge in [-0.05, 0) is 38.5 Å². The standard InChI is InChI=1S/C18H30O3/c19-18(16-11-7-6-8-12-16)20-14-10-5-3-1-2-4-9-13-17-15-21-17/h11,17H,1-10,12-15H2. The van der Waals surface area contributed by atoms with Crippen molar-refractivity contribution in [3.8, 4) is 0 Å². The predicted molar refractivity (Wildman–Crippen MR) is 84.2 cm³/mol. The number of ether oxygens (including phenoxy) is 2. The highest BCUT2D eigenvalue weighted by Crippen LogP contribution is 2.19. The molecule has 0 saturated carbocycles. The van der Waals surface area contributed by atoms with E-state index >= 15 is 0 Å². The minimum absolute atomic E-state index is 0.0722. The highest BCUT2D eigenvalue weighted by molar-refractivity contribution is 5.88. The maximum absolute atomic E-state index is 11.8. The van der Waals surface area contributed by atoms with Gasteiger partial charge in [0, 0.05) is 5.57 Å². The van der Waals surface area contributed by atoms with Crippen LogP contribution in [-0.2, 0) is 14.3 Å². The molecule has 0 N–H and O–H groups in total. The lowest BCUT2D eigenvalue weighted by atomic mass is 10.00. The minimum Gasteiger partial charge on any atom is -0.462 e. The second kappa shape index (κ2) is 9.99. The van der Waals surface area contributed by atoms with E-state index in [1.165, 1.54) is 51.4 Å². The molecule has 2 aliphatic rings. The molecule has 1 atom stereocenters. The SMILES string of the molecule is O=C(OCCCCCCCCCC1CO1)C1=CCCCC1. The predicted octanol–water partition coefficient (Wildman–Crippen LogP) is 4.55. The Labute approximate surface area is 129 Å². The van der Waals surface area contributed by atoms with Gasteiger partial charge in [-0.2, -0.15) is 0 Å². The molecular formula is C18H30O3. The number of hydrogen-bond donors (Lipinski definition) is 0. The molecule has 0 aromatic rings. The van der Waals surface area contributed by atoms with Gasteiger partial charge in [-0.15, -0.1) is 0 Å². The Balaban J connectivity index is 1.34. The molecule has 0 aromatic heterocycles. The molecule has 0 bridgehead atoms. The average molecular weight is 294 g/mol. The van der Waals surface area contributed by atoms with Crippen molar-refractivity contribution in [2.75, 3.05) is 13.2 Å². The Morgan fingerprint density at radius 1 is 1.10 bits per heavy atom. The van der Waals surface area contributed by atoms with Crippen LogP contribution in [0.2, 0.25) is 0 Å². The van der Waals surface area contributed by atoms with Crippen LogP contribution in [0, 0.1) is 0 Å². The first-order chi connectivity index (χ1) is 10.4. The van der Waals surface area contributed by atoms with Crippen molar-refractivity contribution in [2.45, 2.75) is 83.2 Å². The van der Waals surface area contributed by atoms with Crippen molar-refractivity contribution in [2.24, 2.45) is 0 Å². The lowest BCUT2D eigenvalue weighted by Gasteiger charge is -2.11. The Kier molecular flexibility index (Phi) is 7.87. The summed E-state index contributed by atoms with van der Waals surface area (Å²) in [5.41, 5.74) is 0.904. The van der Waals surface area contributed by atoms with Crippen LogP contribution in [0.25, 0.3) is 0 Å². The van der Waals surface area contributed by atoms with Crippen LogP contribution in [0.15, 0.2) is 11.6 Å². The van der Waals surface area contributed by atoms with E-state index < -0.39 is 0 Å². The van der Waals surface area contributed by atoms with Crippen molar-refractivity contribution in [1.82, 2.24) is 0 Å². The Bertz CT molecular complexity index is 331. The molecule has 0 radical (unpaired) electrons. The van der Waals surface area contributed by atoms with Crippen LogP contribution in [0.1, 0.15) is 77.0 Å². The van der Waals surface area contributed by atoms with Crippen LogP contribution in [0.4, 0.5) is 0 Å². The molecular weight excluding hydrogens is 264 g/mol. The second-order valence-corrected chi connectivity index (χ2v) is 6.33. The molecule has 2 rings (SSSR count). The summed E-state index contributed by atoms with van der Waals surface area (Å²) in [6.45, 7) is 1.59. The first kappa shape index (κ1) is 16.5. The number of rotatable bonds is 11. The van der Waals surface area contributed by atoms with Crippen LogP contribution in [0.3, 0.4) is 0 Å². The number of esters is 1. The van der Waals surface area contributed by atoms with E-state index in [-0.39, 0.29) is 5.97 Å². The molecule has 1 fully saturated rings. The molecule has 0 amide bonds. The summed E-state index contributed by atoms with van der Waals surface area (Å²) in [6, 6.07) is 0. The van der Waals surface area contributed by atoms with Crippen molar-refractivity contribution in [3.05, 3.63) is 11.6 Å².